The minimum Gasteiger partial charge on any atom is -0.379 e. The number of carbonyl (C=O) groups is 2. The molecule has 2 aromatic rings. The lowest BCUT2D eigenvalue weighted by Crippen LogP contribution is -2.35. The number of anilines is 2. The van der Waals surface area contributed by atoms with Gasteiger partial charge >= 0.3 is 10.1 Å². The van der Waals surface area contributed by atoms with Gasteiger partial charge in [-0.15, -0.1) is 0 Å². The third-order valence-electron chi connectivity index (χ3n) is 5.95. The number of nitrogens with zero attached hydrogens (tertiary/aromatic N) is 2. The molecule has 9 heteroatoms. The fourth-order valence-corrected chi connectivity index (χ4v) is 4.86. The highest BCUT2D eigenvalue weighted by atomic mass is 32.2. The molecule has 1 saturated carbocycles. The molecule has 8 nitrogen and oxygen atoms in total. The number of benzene rings is 2. The summed E-state index contributed by atoms with van der Waals surface area (Å²) in [6, 6.07) is 11.5. The van der Waals surface area contributed by atoms with E-state index in [0.29, 0.717) is 11.3 Å². The first-order valence-electron chi connectivity index (χ1n) is 12.1. The quantitative estimate of drug-likeness (QED) is 0.459. The van der Waals surface area contributed by atoms with E-state index < -0.39 is 10.1 Å². The van der Waals surface area contributed by atoms with Gasteiger partial charge in [-0.25, -0.2) is 0 Å². The highest BCUT2D eigenvalue weighted by molar-refractivity contribution is 7.87. The molecule has 1 N–H and O–H groups in total. The van der Waals surface area contributed by atoms with E-state index in [1.165, 1.54) is 31.2 Å². The monoisotopic (exact) mass is 501 g/mol. The van der Waals surface area contributed by atoms with E-state index in [-0.39, 0.29) is 41.0 Å². The molecule has 0 heterocycles. The van der Waals surface area contributed by atoms with Crippen LogP contribution >= 0.6 is 0 Å². The van der Waals surface area contributed by atoms with Crippen molar-refractivity contribution in [1.29, 1.82) is 0 Å². The van der Waals surface area contributed by atoms with E-state index in [9.17, 15) is 18.0 Å². The van der Waals surface area contributed by atoms with Crippen LogP contribution in [0.25, 0.3) is 0 Å². The van der Waals surface area contributed by atoms with Crippen LogP contribution in [0.4, 0.5) is 11.4 Å². The third-order valence-corrected chi connectivity index (χ3v) is 7.20. The lowest BCUT2D eigenvalue weighted by atomic mass is 10.1. The molecule has 0 spiro atoms. The Morgan fingerprint density at radius 1 is 1.06 bits per heavy atom. The van der Waals surface area contributed by atoms with Crippen molar-refractivity contribution in [2.24, 2.45) is 5.92 Å². The van der Waals surface area contributed by atoms with E-state index in [1.54, 1.807) is 6.07 Å². The number of amides is 2. The summed E-state index contributed by atoms with van der Waals surface area (Å²) in [6.07, 6.45) is 1.90. The second-order valence-corrected chi connectivity index (χ2v) is 10.6. The summed E-state index contributed by atoms with van der Waals surface area (Å²) in [5.74, 6) is -0.142. The molecule has 2 aromatic carbocycles. The van der Waals surface area contributed by atoms with Crippen molar-refractivity contribution in [3.63, 3.8) is 0 Å². The van der Waals surface area contributed by atoms with Crippen LogP contribution in [0.15, 0.2) is 47.4 Å². The zero-order chi connectivity index (χ0) is 25.8. The molecule has 2 amide bonds. The molecule has 0 atom stereocenters. The summed E-state index contributed by atoms with van der Waals surface area (Å²) in [6.45, 7) is 11.0. The Hall–Kier alpha value is -3.07. The smallest absolute Gasteiger partial charge is 0.339 e. The Morgan fingerprint density at radius 3 is 2.20 bits per heavy atom. The van der Waals surface area contributed by atoms with Crippen LogP contribution in [0.5, 0.6) is 5.75 Å². The molecule has 0 bridgehead atoms. The van der Waals surface area contributed by atoms with Crippen LogP contribution in [0, 0.1) is 5.92 Å². The Labute approximate surface area is 208 Å². The summed E-state index contributed by atoms with van der Waals surface area (Å²) in [7, 11) is -4.15. The highest BCUT2D eigenvalue weighted by Crippen LogP contribution is 2.34. The van der Waals surface area contributed by atoms with E-state index in [4.69, 9.17) is 4.18 Å². The van der Waals surface area contributed by atoms with Gasteiger partial charge in [0.2, 0.25) is 11.8 Å². The zero-order valence-electron chi connectivity index (χ0n) is 21.1. The first-order valence-corrected chi connectivity index (χ1v) is 13.5. The molecule has 0 radical (unpaired) electrons. The van der Waals surface area contributed by atoms with Crippen LogP contribution < -0.4 is 14.4 Å². The van der Waals surface area contributed by atoms with Crippen molar-refractivity contribution < 1.29 is 22.2 Å². The molecule has 0 aliphatic heterocycles. The number of hydrogen-bond donors (Lipinski definition) is 1. The summed E-state index contributed by atoms with van der Waals surface area (Å²) < 4.78 is 32.0. The first-order chi connectivity index (χ1) is 16.6. The van der Waals surface area contributed by atoms with Crippen LogP contribution in [-0.2, 0) is 26.3 Å². The van der Waals surface area contributed by atoms with E-state index in [2.05, 4.69) is 10.2 Å². The molecule has 3 rings (SSSR count). The average Bonchev–Trinajstić information content (AvgIpc) is 3.64. The minimum atomic E-state index is -4.15. The standard InChI is InChI=1S/C26H35N3O5S/c1-6-28(7-2)23-11-8-20(17-29(22-12-13-22)26(31)18(3)4)25(16-23)34-35(32,33)24-14-9-21(10-15-24)27-19(5)30/h8-11,14-16,18,22H,6-7,12-13,17H2,1-5H3,(H,27,30). The molecular weight excluding hydrogens is 466 g/mol. The molecule has 1 aliphatic rings. The van der Waals surface area contributed by atoms with E-state index in [1.807, 2.05) is 44.7 Å². The van der Waals surface area contributed by atoms with Gasteiger partial charge in [0.15, 0.2) is 0 Å². The minimum absolute atomic E-state index is 0.0249. The topological polar surface area (TPSA) is 96.0 Å². The molecule has 1 aliphatic carbocycles. The second-order valence-electron chi connectivity index (χ2n) is 9.06. The largest absolute Gasteiger partial charge is 0.379 e. The van der Waals surface area contributed by atoms with Crippen molar-refractivity contribution in [3.05, 3.63) is 48.0 Å². The molecule has 1 fully saturated rings. The van der Waals surface area contributed by atoms with Crippen molar-refractivity contribution in [1.82, 2.24) is 4.90 Å². The molecule has 0 aromatic heterocycles. The molecule has 0 saturated heterocycles. The van der Waals surface area contributed by atoms with Crippen molar-refractivity contribution in [3.8, 4) is 5.75 Å². The number of hydrogen-bond acceptors (Lipinski definition) is 6. The summed E-state index contributed by atoms with van der Waals surface area (Å²) in [5.41, 5.74) is 1.98. The maximum Gasteiger partial charge on any atom is 0.339 e. The van der Waals surface area contributed by atoms with Gasteiger partial charge in [0, 0.05) is 61.5 Å². The SMILES string of the molecule is CCN(CC)c1ccc(CN(C(=O)C(C)C)C2CC2)c(OS(=O)(=O)c2ccc(NC(C)=O)cc2)c1. The maximum absolute atomic E-state index is 13.2. The first kappa shape index (κ1) is 26.5. The molecular formula is C26H35N3O5S. The van der Waals surface area contributed by atoms with Crippen LogP contribution in [0.2, 0.25) is 0 Å². The van der Waals surface area contributed by atoms with Gasteiger partial charge in [-0.1, -0.05) is 19.9 Å². The van der Waals surface area contributed by atoms with Gasteiger partial charge in [0.05, 0.1) is 0 Å². The van der Waals surface area contributed by atoms with Gasteiger partial charge < -0.3 is 19.3 Å². The van der Waals surface area contributed by atoms with Gasteiger partial charge in [-0.05, 0) is 57.0 Å². The predicted octanol–water partition coefficient (Wildman–Crippen LogP) is 4.41. The van der Waals surface area contributed by atoms with Crippen LogP contribution in [-0.4, -0.2) is 44.3 Å². The normalized spacial score (nSPS) is 13.4. The molecule has 190 valence electrons. The Bertz CT molecular complexity index is 1150. The Kier molecular flexibility index (Phi) is 8.43. The van der Waals surface area contributed by atoms with Crippen LogP contribution in [0.1, 0.15) is 53.0 Å². The highest BCUT2D eigenvalue weighted by Gasteiger charge is 2.34. The average molecular weight is 502 g/mol. The Balaban J connectivity index is 1.96. The van der Waals surface area contributed by atoms with Gasteiger partial charge in [-0.2, -0.15) is 8.42 Å². The summed E-state index contributed by atoms with van der Waals surface area (Å²) in [4.78, 5) is 28.0. The van der Waals surface area contributed by atoms with Crippen LogP contribution in [0.3, 0.4) is 0 Å². The molecule has 0 unspecified atom stereocenters. The number of nitrogens with one attached hydrogen (secondary N) is 1. The maximum atomic E-state index is 13.2. The van der Waals surface area contributed by atoms with E-state index >= 15 is 0 Å². The lowest BCUT2D eigenvalue weighted by molar-refractivity contribution is -0.135. The number of rotatable bonds is 11. The van der Waals surface area contributed by atoms with Crippen molar-refractivity contribution in [2.45, 2.75) is 64.9 Å². The van der Waals surface area contributed by atoms with Gasteiger partial charge in [0.1, 0.15) is 10.6 Å². The summed E-state index contributed by atoms with van der Waals surface area (Å²) in [5, 5.41) is 2.62. The second kappa shape index (κ2) is 11.1. The summed E-state index contributed by atoms with van der Waals surface area (Å²) >= 11 is 0. The Morgan fingerprint density at radius 2 is 1.69 bits per heavy atom. The van der Waals surface area contributed by atoms with Crippen molar-refractivity contribution >= 4 is 33.3 Å². The van der Waals surface area contributed by atoms with Gasteiger partial charge in [-0.3, -0.25) is 9.59 Å². The van der Waals surface area contributed by atoms with Crippen molar-refractivity contribution in [2.75, 3.05) is 23.3 Å². The molecule has 35 heavy (non-hydrogen) atoms. The fourth-order valence-electron chi connectivity index (χ4n) is 3.90. The third kappa shape index (κ3) is 6.75. The van der Waals surface area contributed by atoms with Gasteiger partial charge in [0.25, 0.3) is 0 Å². The predicted molar refractivity (Wildman–Crippen MR) is 137 cm³/mol. The van der Waals surface area contributed by atoms with E-state index in [0.717, 1.165) is 31.6 Å². The number of carbonyl (C=O) groups excluding carboxylic acids is 2. The zero-order valence-corrected chi connectivity index (χ0v) is 21.9. The lowest BCUT2D eigenvalue weighted by Gasteiger charge is -2.27. The fraction of sp³-hybridized carbons (Fsp3) is 0.462.